The van der Waals surface area contributed by atoms with Gasteiger partial charge in [0, 0.05) is 4.47 Å². The van der Waals surface area contributed by atoms with Crippen molar-refractivity contribution in [3.8, 4) is 0 Å². The molecule has 0 unspecified atom stereocenters. The third-order valence-corrected chi connectivity index (χ3v) is 3.44. The first-order chi connectivity index (χ1) is 7.77. The number of halogens is 1. The van der Waals surface area contributed by atoms with Gasteiger partial charge in [0.25, 0.3) is 0 Å². The van der Waals surface area contributed by atoms with Gasteiger partial charge in [-0.25, -0.2) is 0 Å². The third-order valence-electron chi connectivity index (χ3n) is 2.62. The molecule has 3 aromatic rings. The van der Waals surface area contributed by atoms with Crippen molar-refractivity contribution in [2.45, 2.75) is 0 Å². The van der Waals surface area contributed by atoms with Gasteiger partial charge in [-0.3, -0.25) is 0 Å². The summed E-state index contributed by atoms with van der Waals surface area (Å²) in [5.41, 5.74) is 0. The molecule has 0 aliphatic rings. The molecule has 3 aromatic carbocycles. The second-order valence-electron chi connectivity index (χ2n) is 3.55. The first-order valence-electron chi connectivity index (χ1n) is 5.34. The maximum atomic E-state index is 7.95. The maximum absolute atomic E-state index is 7.95. The summed E-state index contributed by atoms with van der Waals surface area (Å²) < 4.78 is 8.97. The topological polar surface area (TPSA) is 0 Å². The van der Waals surface area contributed by atoms with E-state index in [1.165, 1.54) is 5.39 Å². The fraction of sp³-hybridized carbons (Fsp3) is 0. The lowest BCUT2D eigenvalue weighted by molar-refractivity contribution is 1.74. The summed E-state index contributed by atoms with van der Waals surface area (Å²) in [7, 11) is 0. The molecular formula is C14H9Br. The van der Waals surface area contributed by atoms with E-state index in [0.29, 0.717) is 6.04 Å². The van der Waals surface area contributed by atoms with Crippen molar-refractivity contribution in [3.63, 3.8) is 0 Å². The van der Waals surface area contributed by atoms with Gasteiger partial charge in [0.05, 0.1) is 1.37 Å². The van der Waals surface area contributed by atoms with Crippen molar-refractivity contribution in [2.24, 2.45) is 0 Å². The van der Waals surface area contributed by atoms with Crippen molar-refractivity contribution in [1.29, 1.82) is 0 Å². The van der Waals surface area contributed by atoms with E-state index in [4.69, 9.17) is 1.37 Å². The van der Waals surface area contributed by atoms with Gasteiger partial charge in [0.1, 0.15) is 0 Å². The summed E-state index contributed by atoms with van der Waals surface area (Å²) in [4.78, 5) is 0. The zero-order valence-corrected chi connectivity index (χ0v) is 9.58. The Bertz CT molecular complexity index is 689. The molecule has 0 aliphatic heterocycles. The summed E-state index contributed by atoms with van der Waals surface area (Å²) in [6.07, 6.45) is 0. The van der Waals surface area contributed by atoms with Crippen LogP contribution in [0.15, 0.2) is 59.0 Å². The highest BCUT2D eigenvalue weighted by molar-refractivity contribution is 9.10. The van der Waals surface area contributed by atoms with Crippen LogP contribution >= 0.6 is 15.9 Å². The molecule has 3 rings (SSSR count). The van der Waals surface area contributed by atoms with Gasteiger partial charge in [0.2, 0.25) is 0 Å². The van der Waals surface area contributed by atoms with Crippen molar-refractivity contribution in [2.75, 3.05) is 0 Å². The Morgan fingerprint density at radius 2 is 1.53 bits per heavy atom. The first-order valence-corrected chi connectivity index (χ1v) is 5.63. The van der Waals surface area contributed by atoms with E-state index in [-0.39, 0.29) is 0 Å². The largest absolute Gasteiger partial charge is 0.0630 e. The fourth-order valence-electron chi connectivity index (χ4n) is 1.89. The molecule has 0 N–H and O–H groups in total. The summed E-state index contributed by atoms with van der Waals surface area (Å²) in [5.74, 6) is 0. The molecule has 0 spiro atoms. The molecule has 0 heterocycles. The minimum absolute atomic E-state index is 0.565. The molecular weight excluding hydrogens is 248 g/mol. The van der Waals surface area contributed by atoms with E-state index in [9.17, 15) is 0 Å². The van der Waals surface area contributed by atoms with E-state index in [1.54, 1.807) is 0 Å². The SMILES string of the molecule is [2H]c1cccc2cc3ccccc3c(Br)c12. The Hall–Kier alpha value is -1.34. The lowest BCUT2D eigenvalue weighted by Crippen LogP contribution is -1.78. The summed E-state index contributed by atoms with van der Waals surface area (Å²) in [6.45, 7) is 0. The van der Waals surface area contributed by atoms with Crippen molar-refractivity contribution < 1.29 is 1.37 Å². The highest BCUT2D eigenvalue weighted by atomic mass is 79.9. The molecule has 0 bridgehead atoms. The standard InChI is InChI=1S/C14H9Br/c15-14-12-7-3-1-5-10(12)9-11-6-2-4-8-13(11)14/h1-9H/i7D. The quantitative estimate of drug-likeness (QED) is 0.510. The lowest BCUT2D eigenvalue weighted by Gasteiger charge is -2.05. The van der Waals surface area contributed by atoms with E-state index >= 15 is 0 Å². The summed E-state index contributed by atoms with van der Waals surface area (Å²) in [6, 6.07) is 16.7. The molecule has 0 aliphatic carbocycles. The van der Waals surface area contributed by atoms with Crippen molar-refractivity contribution in [1.82, 2.24) is 0 Å². The van der Waals surface area contributed by atoms with Crippen LogP contribution in [-0.2, 0) is 0 Å². The average Bonchev–Trinajstić information content (AvgIpc) is 2.29. The van der Waals surface area contributed by atoms with Gasteiger partial charge in [0.15, 0.2) is 0 Å². The van der Waals surface area contributed by atoms with Crippen LogP contribution in [0.2, 0.25) is 0 Å². The Morgan fingerprint density at radius 3 is 2.40 bits per heavy atom. The average molecular weight is 258 g/mol. The van der Waals surface area contributed by atoms with Crippen LogP contribution in [0.5, 0.6) is 0 Å². The third kappa shape index (κ3) is 1.35. The van der Waals surface area contributed by atoms with Crippen molar-refractivity contribution >= 4 is 37.5 Å². The van der Waals surface area contributed by atoms with E-state index in [1.807, 2.05) is 30.3 Å². The van der Waals surface area contributed by atoms with Crippen LogP contribution < -0.4 is 0 Å². The number of benzene rings is 3. The van der Waals surface area contributed by atoms with Gasteiger partial charge < -0.3 is 0 Å². The molecule has 15 heavy (non-hydrogen) atoms. The zero-order chi connectivity index (χ0) is 11.1. The highest BCUT2D eigenvalue weighted by Gasteiger charge is 2.03. The minimum atomic E-state index is 0.565. The van der Waals surface area contributed by atoms with Gasteiger partial charge in [-0.05, 0) is 43.5 Å². The van der Waals surface area contributed by atoms with Crippen molar-refractivity contribution in [3.05, 3.63) is 59.0 Å². The zero-order valence-electron chi connectivity index (χ0n) is 9.00. The second kappa shape index (κ2) is 3.35. The summed E-state index contributed by atoms with van der Waals surface area (Å²) >= 11 is 3.61. The Morgan fingerprint density at radius 1 is 0.867 bits per heavy atom. The number of hydrogen-bond donors (Lipinski definition) is 0. The molecule has 0 fully saturated rings. The minimum Gasteiger partial charge on any atom is -0.0616 e. The van der Waals surface area contributed by atoms with Gasteiger partial charge in [-0.15, -0.1) is 0 Å². The molecule has 1 heteroatoms. The van der Waals surface area contributed by atoms with Crippen LogP contribution in [0.25, 0.3) is 21.5 Å². The predicted molar refractivity (Wildman–Crippen MR) is 69.2 cm³/mol. The fourth-order valence-corrected chi connectivity index (χ4v) is 2.59. The van der Waals surface area contributed by atoms with Gasteiger partial charge in [-0.2, -0.15) is 0 Å². The molecule has 0 saturated carbocycles. The van der Waals surface area contributed by atoms with Gasteiger partial charge in [-0.1, -0.05) is 48.5 Å². The maximum Gasteiger partial charge on any atom is 0.0630 e. The normalized spacial score (nSPS) is 11.9. The lowest BCUT2D eigenvalue weighted by atomic mass is 10.0. The molecule has 0 aromatic heterocycles. The smallest absolute Gasteiger partial charge is 0.0616 e. The second-order valence-corrected chi connectivity index (χ2v) is 4.34. The Labute approximate surface area is 98.1 Å². The van der Waals surface area contributed by atoms with Crippen LogP contribution in [0.1, 0.15) is 1.37 Å². The molecule has 0 saturated heterocycles. The molecule has 0 atom stereocenters. The van der Waals surface area contributed by atoms with Crippen LogP contribution in [-0.4, -0.2) is 0 Å². The van der Waals surface area contributed by atoms with Crippen LogP contribution in [0.3, 0.4) is 0 Å². The molecule has 0 radical (unpaired) electrons. The number of hydrogen-bond acceptors (Lipinski definition) is 0. The molecule has 0 amide bonds. The number of rotatable bonds is 0. The van der Waals surface area contributed by atoms with Gasteiger partial charge >= 0.3 is 0 Å². The molecule has 0 nitrogen and oxygen atoms in total. The van der Waals surface area contributed by atoms with Crippen LogP contribution in [0, 0.1) is 0 Å². The first kappa shape index (κ1) is 7.89. The van der Waals surface area contributed by atoms with E-state index < -0.39 is 0 Å². The van der Waals surface area contributed by atoms with E-state index in [0.717, 1.165) is 20.6 Å². The number of fused-ring (bicyclic) bond motifs is 2. The summed E-state index contributed by atoms with van der Waals surface area (Å²) in [5, 5.41) is 4.46. The monoisotopic (exact) mass is 257 g/mol. The van der Waals surface area contributed by atoms with E-state index in [2.05, 4.69) is 34.1 Å². The molecule has 72 valence electrons. The van der Waals surface area contributed by atoms with Crippen LogP contribution in [0.4, 0.5) is 0 Å². The highest BCUT2D eigenvalue weighted by Crippen LogP contribution is 2.32. The Balaban J connectivity index is 2.62. The predicted octanol–water partition coefficient (Wildman–Crippen LogP) is 4.76. The Kier molecular flexibility index (Phi) is 1.76.